The first-order valence-corrected chi connectivity index (χ1v) is 7.99. The number of carbonyl (C=O) groups excluding carboxylic acids is 1. The lowest BCUT2D eigenvalue weighted by Gasteiger charge is -2.22. The third kappa shape index (κ3) is 9.46. The monoisotopic (exact) mass is 383 g/mol. The summed E-state index contributed by atoms with van der Waals surface area (Å²) >= 11 is 0. The van der Waals surface area contributed by atoms with Crippen LogP contribution in [0.15, 0.2) is 60.7 Å². The first-order valence-electron chi connectivity index (χ1n) is 7.99. The van der Waals surface area contributed by atoms with Gasteiger partial charge in [0.25, 0.3) is 0 Å². The summed E-state index contributed by atoms with van der Waals surface area (Å²) in [6, 6.07) is 20.5. The standard InChI is InChI=1S/C19H25N3O.2ClH/c1-20-12-13-21-19(23)16-22(14-17-8-4-2-5-9-17)15-18-10-6-3-7-11-18;;/h2-11,20H,12-16H2,1H3,(H,21,23);2*1H. The predicted octanol–water partition coefficient (Wildman–Crippen LogP) is 2.87. The molecular weight excluding hydrogens is 357 g/mol. The minimum atomic E-state index is 0. The van der Waals surface area contributed by atoms with Gasteiger partial charge in [-0.2, -0.15) is 0 Å². The van der Waals surface area contributed by atoms with Crippen molar-refractivity contribution in [2.45, 2.75) is 13.1 Å². The quantitative estimate of drug-likeness (QED) is 0.654. The summed E-state index contributed by atoms with van der Waals surface area (Å²) < 4.78 is 0. The van der Waals surface area contributed by atoms with Crippen molar-refractivity contribution in [3.8, 4) is 0 Å². The number of halogens is 2. The first-order chi connectivity index (χ1) is 11.3. The summed E-state index contributed by atoms with van der Waals surface area (Å²) in [6.07, 6.45) is 0. The normalized spacial score (nSPS) is 9.84. The molecule has 6 heteroatoms. The molecule has 4 nitrogen and oxygen atoms in total. The third-order valence-electron chi connectivity index (χ3n) is 3.56. The minimum absolute atomic E-state index is 0. The zero-order chi connectivity index (χ0) is 16.3. The third-order valence-corrected chi connectivity index (χ3v) is 3.56. The van der Waals surface area contributed by atoms with Gasteiger partial charge in [-0.1, -0.05) is 60.7 Å². The van der Waals surface area contributed by atoms with Crippen LogP contribution in [-0.4, -0.2) is 37.5 Å². The molecule has 0 radical (unpaired) electrons. The number of rotatable bonds is 9. The number of nitrogens with zero attached hydrogens (tertiary/aromatic N) is 1. The molecule has 2 N–H and O–H groups in total. The summed E-state index contributed by atoms with van der Waals surface area (Å²) in [4.78, 5) is 14.3. The molecule has 0 fully saturated rings. The Kier molecular flexibility index (Phi) is 12.8. The van der Waals surface area contributed by atoms with Gasteiger partial charge in [0, 0.05) is 26.2 Å². The van der Waals surface area contributed by atoms with Crippen LogP contribution in [-0.2, 0) is 17.9 Å². The van der Waals surface area contributed by atoms with Crippen LogP contribution in [0, 0.1) is 0 Å². The second kappa shape index (κ2) is 13.7. The number of carbonyl (C=O) groups is 1. The number of benzene rings is 2. The Morgan fingerprint density at radius 1 is 0.840 bits per heavy atom. The van der Waals surface area contributed by atoms with Crippen LogP contribution in [0.4, 0.5) is 0 Å². The van der Waals surface area contributed by atoms with Gasteiger partial charge in [0.1, 0.15) is 0 Å². The molecule has 0 aromatic heterocycles. The van der Waals surface area contributed by atoms with E-state index >= 15 is 0 Å². The van der Waals surface area contributed by atoms with Crippen LogP contribution >= 0.6 is 24.8 Å². The Labute approximate surface area is 162 Å². The lowest BCUT2D eigenvalue weighted by Crippen LogP contribution is -2.39. The van der Waals surface area contributed by atoms with Gasteiger partial charge in [-0.05, 0) is 18.2 Å². The fourth-order valence-electron chi connectivity index (χ4n) is 2.44. The average Bonchev–Trinajstić information content (AvgIpc) is 2.57. The van der Waals surface area contributed by atoms with Crippen LogP contribution in [0.5, 0.6) is 0 Å². The van der Waals surface area contributed by atoms with Gasteiger partial charge in [-0.25, -0.2) is 0 Å². The Morgan fingerprint density at radius 3 is 1.76 bits per heavy atom. The van der Waals surface area contributed by atoms with Crippen LogP contribution in [0.2, 0.25) is 0 Å². The summed E-state index contributed by atoms with van der Waals surface area (Å²) in [5, 5.41) is 5.97. The number of amides is 1. The zero-order valence-electron chi connectivity index (χ0n) is 14.5. The minimum Gasteiger partial charge on any atom is -0.354 e. The summed E-state index contributed by atoms with van der Waals surface area (Å²) in [5.41, 5.74) is 2.43. The van der Waals surface area contributed by atoms with E-state index in [4.69, 9.17) is 0 Å². The van der Waals surface area contributed by atoms with Crippen molar-refractivity contribution >= 4 is 30.7 Å². The number of hydrogen-bond donors (Lipinski definition) is 2. The number of likely N-dealkylation sites (N-methyl/N-ethyl adjacent to an activating group) is 1. The van der Waals surface area contributed by atoms with E-state index in [0.717, 1.165) is 19.6 Å². The molecule has 138 valence electrons. The fourth-order valence-corrected chi connectivity index (χ4v) is 2.44. The van der Waals surface area contributed by atoms with Crippen molar-refractivity contribution in [1.82, 2.24) is 15.5 Å². The van der Waals surface area contributed by atoms with Gasteiger partial charge in [0.05, 0.1) is 6.54 Å². The van der Waals surface area contributed by atoms with Gasteiger partial charge in [0.2, 0.25) is 5.91 Å². The molecule has 0 saturated carbocycles. The molecule has 0 bridgehead atoms. The van der Waals surface area contributed by atoms with Crippen molar-refractivity contribution < 1.29 is 4.79 Å². The average molecular weight is 384 g/mol. The Balaban J connectivity index is 0.00000288. The molecule has 0 saturated heterocycles. The molecule has 0 atom stereocenters. The van der Waals surface area contributed by atoms with Gasteiger partial charge in [0.15, 0.2) is 0 Å². The van der Waals surface area contributed by atoms with Crippen molar-refractivity contribution in [2.24, 2.45) is 0 Å². The molecular formula is C19H27Cl2N3O. The lowest BCUT2D eigenvalue weighted by molar-refractivity contribution is -0.122. The maximum absolute atomic E-state index is 12.1. The van der Waals surface area contributed by atoms with Crippen molar-refractivity contribution in [3.05, 3.63) is 71.8 Å². The molecule has 2 aromatic rings. The van der Waals surface area contributed by atoms with E-state index < -0.39 is 0 Å². The lowest BCUT2D eigenvalue weighted by atomic mass is 10.1. The highest BCUT2D eigenvalue weighted by atomic mass is 35.5. The maximum Gasteiger partial charge on any atom is 0.234 e. The van der Waals surface area contributed by atoms with E-state index in [0.29, 0.717) is 13.1 Å². The zero-order valence-corrected chi connectivity index (χ0v) is 16.1. The number of hydrogen-bond acceptors (Lipinski definition) is 3. The second-order valence-corrected chi connectivity index (χ2v) is 5.57. The van der Waals surface area contributed by atoms with Crippen LogP contribution in [0.1, 0.15) is 11.1 Å². The van der Waals surface area contributed by atoms with E-state index in [1.807, 2.05) is 43.4 Å². The molecule has 1 amide bonds. The molecule has 0 aliphatic carbocycles. The van der Waals surface area contributed by atoms with Crippen molar-refractivity contribution in [1.29, 1.82) is 0 Å². The van der Waals surface area contributed by atoms with Gasteiger partial charge in [-0.15, -0.1) is 24.8 Å². The van der Waals surface area contributed by atoms with Crippen LogP contribution < -0.4 is 10.6 Å². The van der Waals surface area contributed by atoms with E-state index in [1.54, 1.807) is 0 Å². The van der Waals surface area contributed by atoms with Crippen molar-refractivity contribution in [3.63, 3.8) is 0 Å². The molecule has 0 spiro atoms. The molecule has 2 rings (SSSR count). The maximum atomic E-state index is 12.1. The summed E-state index contributed by atoms with van der Waals surface area (Å²) in [5.74, 6) is 0.0621. The van der Waals surface area contributed by atoms with Crippen LogP contribution in [0.25, 0.3) is 0 Å². The van der Waals surface area contributed by atoms with E-state index in [2.05, 4.69) is 39.8 Å². The first kappa shape index (κ1) is 23.4. The molecule has 25 heavy (non-hydrogen) atoms. The smallest absolute Gasteiger partial charge is 0.234 e. The molecule has 0 unspecified atom stereocenters. The van der Waals surface area contributed by atoms with E-state index in [1.165, 1.54) is 11.1 Å². The topological polar surface area (TPSA) is 44.4 Å². The largest absolute Gasteiger partial charge is 0.354 e. The highest BCUT2D eigenvalue weighted by Crippen LogP contribution is 2.09. The Hall–Kier alpha value is -1.59. The van der Waals surface area contributed by atoms with Gasteiger partial charge >= 0.3 is 0 Å². The number of nitrogens with one attached hydrogen (secondary N) is 2. The molecule has 2 aromatic carbocycles. The Morgan fingerprint density at radius 2 is 1.32 bits per heavy atom. The second-order valence-electron chi connectivity index (χ2n) is 5.57. The van der Waals surface area contributed by atoms with Crippen LogP contribution in [0.3, 0.4) is 0 Å². The Bertz CT molecular complexity index is 540. The summed E-state index contributed by atoms with van der Waals surface area (Å²) in [6.45, 7) is 3.35. The predicted molar refractivity (Wildman–Crippen MR) is 108 cm³/mol. The highest BCUT2D eigenvalue weighted by molar-refractivity contribution is 5.85. The van der Waals surface area contributed by atoms with Crippen molar-refractivity contribution in [2.75, 3.05) is 26.7 Å². The molecule has 0 aliphatic heterocycles. The SMILES string of the molecule is CNCCNC(=O)CN(Cc1ccccc1)Cc1ccccc1.Cl.Cl. The molecule has 0 heterocycles. The summed E-state index contributed by atoms with van der Waals surface area (Å²) in [7, 11) is 1.88. The van der Waals surface area contributed by atoms with E-state index in [-0.39, 0.29) is 30.7 Å². The highest BCUT2D eigenvalue weighted by Gasteiger charge is 2.11. The van der Waals surface area contributed by atoms with E-state index in [9.17, 15) is 4.79 Å². The van der Waals surface area contributed by atoms with Gasteiger partial charge < -0.3 is 10.6 Å². The van der Waals surface area contributed by atoms with Gasteiger partial charge in [-0.3, -0.25) is 9.69 Å². The fraction of sp³-hybridized carbons (Fsp3) is 0.316. The molecule has 0 aliphatic rings.